The average Bonchev–Trinajstić information content (AvgIpc) is 1.66. The second-order valence-electron chi connectivity index (χ2n) is 38.8. The van der Waals surface area contributed by atoms with E-state index in [0.29, 0.717) is 85.2 Å². The summed E-state index contributed by atoms with van der Waals surface area (Å²) < 4.78 is 20.5. The molecule has 31 nitrogen and oxygen atoms in total. The van der Waals surface area contributed by atoms with Gasteiger partial charge in [-0.1, -0.05) is 35.9 Å². The third kappa shape index (κ3) is 20.8. The molecule has 0 aliphatic carbocycles. The van der Waals surface area contributed by atoms with Gasteiger partial charge in [0.1, 0.15) is 40.1 Å². The van der Waals surface area contributed by atoms with Crippen molar-refractivity contribution in [3.63, 3.8) is 0 Å². The monoisotopic (exact) mass is 2030 g/mol. The Morgan fingerprint density at radius 3 is 1.20 bits per heavy atom. The van der Waals surface area contributed by atoms with Gasteiger partial charge in [-0.3, -0.25) is 50.9 Å². The number of pyridine rings is 6. The molecule has 1 atom stereocenters. The summed E-state index contributed by atoms with van der Waals surface area (Å²) >= 11 is 13.0. The molecule has 738 valence electrons. The van der Waals surface area contributed by atoms with E-state index in [1.54, 1.807) is 110 Å². The Morgan fingerprint density at radius 2 is 0.766 bits per heavy atom. The van der Waals surface area contributed by atoms with Crippen LogP contribution in [0.2, 0.25) is 5.02 Å². The van der Waals surface area contributed by atoms with Gasteiger partial charge in [0.2, 0.25) is 0 Å². The lowest BCUT2D eigenvalue weighted by Crippen LogP contribution is -2.57. The number of rotatable bonds is 12. The van der Waals surface area contributed by atoms with Crippen LogP contribution in [0.3, 0.4) is 0 Å². The second-order valence-corrected chi connectivity index (χ2v) is 44.1. The van der Waals surface area contributed by atoms with Gasteiger partial charge in [-0.15, -0.1) is 45.3 Å². The van der Waals surface area contributed by atoms with E-state index >= 15 is 0 Å². The number of imidazole rings is 1. The molecule has 16 aromatic heterocycles. The highest BCUT2D eigenvalue weighted by Gasteiger charge is 2.32. The summed E-state index contributed by atoms with van der Waals surface area (Å²) in [6.45, 7) is 29.1. The quantitative estimate of drug-likeness (QED) is 0.102. The van der Waals surface area contributed by atoms with E-state index in [9.17, 15) is 24.0 Å². The lowest BCUT2D eigenvalue weighted by Gasteiger charge is -2.40. The summed E-state index contributed by atoms with van der Waals surface area (Å²) in [4.78, 5) is 125. The zero-order chi connectivity index (χ0) is 99.6. The van der Waals surface area contributed by atoms with Crippen LogP contribution in [0.1, 0.15) is 78.1 Å². The molecule has 0 unspecified atom stereocenters. The molecule has 4 aromatic carbocycles. The maximum absolute atomic E-state index is 12.9. The number of anilines is 4. The fourth-order valence-electron chi connectivity index (χ4n) is 20.4. The van der Waals surface area contributed by atoms with Crippen LogP contribution in [0.4, 0.5) is 22.7 Å². The highest BCUT2D eigenvalue weighted by atomic mass is 35.5. The van der Waals surface area contributed by atoms with Crippen LogP contribution in [0.25, 0.3) is 131 Å². The number of hydrogen-bond acceptors (Lipinski definition) is 29. The van der Waals surface area contributed by atoms with E-state index in [-0.39, 0.29) is 39.4 Å². The topological polar surface area (TPSA) is 305 Å². The van der Waals surface area contributed by atoms with Crippen molar-refractivity contribution < 1.29 is 4.74 Å². The maximum Gasteiger partial charge on any atom is 0.258 e. The van der Waals surface area contributed by atoms with Crippen molar-refractivity contribution in [1.82, 2.24) is 102 Å². The Morgan fingerprint density at radius 1 is 0.372 bits per heavy atom. The van der Waals surface area contributed by atoms with Gasteiger partial charge in [-0.2, -0.15) is 0 Å². The van der Waals surface area contributed by atoms with E-state index in [0.717, 1.165) is 234 Å². The van der Waals surface area contributed by atoms with Crippen molar-refractivity contribution in [2.24, 2.45) is 0 Å². The first kappa shape index (κ1) is 95.8. The molecule has 22 heterocycles. The first-order valence-electron chi connectivity index (χ1n) is 49.3. The van der Waals surface area contributed by atoms with Gasteiger partial charge in [0, 0.05) is 191 Å². The molecule has 3 N–H and O–H groups in total. The standard InChI is InChI=1S/C23H23N5OS.C23H25N5OS.C22H23N5OS.C21H20N4O2S.C20H19ClN6O/c1-15-24-19-6-4-16(11-21(19)30-15)20-12-23(29)28-14-18(5-7-22(28)25-20)27-10-9-26-8-2-3-17(26)13-27;1-15-24-19-6-4-16(12-21(19)30-15)20-13-23(29)28-14-18(5-7-22(28)25-20)27-10-8-17(9-11-27)26(2)3;1-14-24-17-6-4-15(10-19(17)29-14)18-11-21(28)27-12-16(5-7-20(27)25-18)26-9-8-23-22(2,3)13-26;1-13-23-17-4-2-14(10-19(17)28-13)18-11-21(26)25-12-16(3-5-20(25)24-18)27-15-6-8-22-9-7-15;1-13-10-26-11-14(8-16(21)20(26)23-13)17-9-19(28)27-12-15(2-3-18(27)24-17)25-6-4-22-5-7-25/h4-7,11-12,14,17H,2-3,8-10,13H2,1H3;4-7,12-14,17H,8-11H2,1-3H3;4-7,10-12,23H,8-9,13H2,1-3H3;2-5,10-12,15,22H,6-9H2,1H3;2-3,8-12,22H,4-7H2,1H3/t17-;;;;/m1..../s1. The Labute approximate surface area is 855 Å². The number of nitrogens with zero attached hydrogens (tertiary/aromatic N) is 22. The zero-order valence-electron chi connectivity index (χ0n) is 82.1. The van der Waals surface area contributed by atoms with Crippen LogP contribution < -0.4 is 68.1 Å². The number of fused-ring (bicyclic) bond motifs is 11. The first-order chi connectivity index (χ1) is 70.2. The highest BCUT2D eigenvalue weighted by Crippen LogP contribution is 2.36. The van der Waals surface area contributed by atoms with Crippen molar-refractivity contribution >= 4 is 154 Å². The lowest BCUT2D eigenvalue weighted by atomic mass is 10.0. The van der Waals surface area contributed by atoms with Crippen molar-refractivity contribution in [3.05, 3.63) is 296 Å². The van der Waals surface area contributed by atoms with Gasteiger partial charge in [0.15, 0.2) is 5.65 Å². The number of piperidine rings is 2. The van der Waals surface area contributed by atoms with E-state index in [2.05, 4.69) is 145 Å². The molecule has 0 spiro atoms. The molecule has 6 fully saturated rings. The molecule has 0 saturated carbocycles. The smallest absolute Gasteiger partial charge is 0.258 e. The van der Waals surface area contributed by atoms with Crippen LogP contribution in [0.5, 0.6) is 5.75 Å². The summed E-state index contributed by atoms with van der Waals surface area (Å²) in [6.07, 6.45) is 20.2. The molecule has 6 aliphatic heterocycles. The molecule has 0 radical (unpaired) electrons. The number of benzene rings is 4. The minimum absolute atomic E-state index is 0.0445. The predicted molar refractivity (Wildman–Crippen MR) is 586 cm³/mol. The summed E-state index contributed by atoms with van der Waals surface area (Å²) in [6, 6.07) is 55.0. The Balaban J connectivity index is 0.000000103. The van der Waals surface area contributed by atoms with Crippen molar-refractivity contribution in [2.75, 3.05) is 132 Å². The van der Waals surface area contributed by atoms with Crippen LogP contribution in [0, 0.1) is 34.6 Å². The maximum atomic E-state index is 12.9. The van der Waals surface area contributed by atoms with Crippen molar-refractivity contribution in [2.45, 2.75) is 111 Å². The van der Waals surface area contributed by atoms with Crippen LogP contribution in [0.15, 0.2) is 237 Å². The van der Waals surface area contributed by atoms with Crippen LogP contribution >= 0.6 is 56.9 Å². The van der Waals surface area contributed by atoms with Gasteiger partial charge in [-0.05, 0) is 236 Å². The fraction of sp³-hybridized carbons (Fsp3) is 0.312. The number of halogens is 1. The van der Waals surface area contributed by atoms with Gasteiger partial charge in [0.25, 0.3) is 27.8 Å². The minimum Gasteiger partial charge on any atom is -0.489 e. The third-order valence-electron chi connectivity index (χ3n) is 27.8. The fourth-order valence-corrected chi connectivity index (χ4v) is 24.1. The third-order valence-corrected chi connectivity index (χ3v) is 31.8. The number of nitrogens with one attached hydrogen (secondary N) is 3. The predicted octanol–water partition coefficient (Wildman–Crippen LogP) is 16.6. The molecule has 0 bridgehead atoms. The van der Waals surface area contributed by atoms with Gasteiger partial charge >= 0.3 is 0 Å². The van der Waals surface area contributed by atoms with Gasteiger partial charge in [-0.25, -0.2) is 49.8 Å². The normalized spacial score (nSPS) is 16.4. The van der Waals surface area contributed by atoms with Crippen molar-refractivity contribution in [3.8, 4) is 62.0 Å². The molecule has 0 amide bonds. The highest BCUT2D eigenvalue weighted by molar-refractivity contribution is 7.19. The molecular formula is C109H110ClN25O6S4. The number of ether oxygens (including phenoxy) is 1. The van der Waals surface area contributed by atoms with E-state index in [1.807, 2.05) is 173 Å². The number of aryl methyl sites for hydroxylation is 5. The zero-order valence-corrected chi connectivity index (χ0v) is 86.1. The van der Waals surface area contributed by atoms with Gasteiger partial charge < -0.3 is 49.6 Å². The van der Waals surface area contributed by atoms with E-state index in [4.69, 9.17) is 31.3 Å². The summed E-state index contributed by atoms with van der Waals surface area (Å²) in [5.74, 6) is 0.706. The number of hydrogen-bond donors (Lipinski definition) is 3. The SMILES string of the molecule is Cc1cn2cc(-c3cc(=O)n4cc(N5CCNCC5)ccc4n3)cc(Cl)c2n1.Cc1nc2ccc(-c3cc(=O)n4cc(N5CCC(N(C)C)CC5)ccc4n3)cc2s1.Cc1nc2ccc(-c3cc(=O)n4cc(N5CCN6CCC[C@@H]6C5)ccc4n3)cc2s1.Cc1nc2ccc(-c3cc(=O)n4cc(N5CCNC(C)(C)C5)ccc4n3)cc2s1.Cc1nc2ccc(-c3cc(=O)n4cc(OC5CCNCC5)ccc4n3)cc2s1. The molecule has 6 saturated heterocycles. The average molecular weight is 2030 g/mol. The number of piperazine rings is 3. The second kappa shape index (κ2) is 40.6. The van der Waals surface area contributed by atoms with E-state index < -0.39 is 0 Å². The Bertz CT molecular complexity index is 8700. The summed E-state index contributed by atoms with van der Waals surface area (Å²) in [7, 11) is 4.29. The van der Waals surface area contributed by atoms with Crippen LogP contribution in [-0.4, -0.2) is 222 Å². The Kier molecular flexibility index (Phi) is 26.8. The molecule has 6 aliphatic rings. The minimum atomic E-state index is -0.116. The molecule has 145 heavy (non-hydrogen) atoms. The Hall–Kier alpha value is -14.0. The summed E-state index contributed by atoms with van der Waals surface area (Å²) in [5.41, 5.74) is 20.6. The molecule has 36 heteroatoms. The summed E-state index contributed by atoms with van der Waals surface area (Å²) in [5, 5.41) is 14.9. The largest absolute Gasteiger partial charge is 0.489 e. The van der Waals surface area contributed by atoms with E-state index in [1.165, 1.54) is 19.4 Å². The number of thiazole rings is 4. The van der Waals surface area contributed by atoms with Crippen LogP contribution in [-0.2, 0) is 0 Å². The molecule has 26 rings (SSSR count). The molecular weight excluding hydrogens is 1920 g/mol. The lowest BCUT2D eigenvalue weighted by molar-refractivity contribution is 0.162. The number of aromatic nitrogens is 16. The van der Waals surface area contributed by atoms with Gasteiger partial charge in [0.05, 0.1) is 129 Å². The first-order valence-corrected chi connectivity index (χ1v) is 52.9. The molecule has 20 aromatic rings. The van der Waals surface area contributed by atoms with Crippen molar-refractivity contribution in [1.29, 1.82) is 0 Å².